The zero-order chi connectivity index (χ0) is 19.3. The Hall–Kier alpha value is -2.28. The number of nitrogens with zero attached hydrogens (tertiary/aromatic N) is 2. The van der Waals surface area contributed by atoms with Gasteiger partial charge in [-0.25, -0.2) is 0 Å². The number of thiophene rings is 1. The van der Waals surface area contributed by atoms with E-state index in [0.29, 0.717) is 25.9 Å². The van der Waals surface area contributed by atoms with E-state index in [1.165, 1.54) is 11.1 Å². The van der Waals surface area contributed by atoms with Crippen molar-refractivity contribution >= 4 is 27.5 Å². The number of nitrogens with one attached hydrogen (secondary N) is 1. The Bertz CT molecular complexity index is 923. The standard InChI is InChI=1S/C22H25N3O2S/c26-18(15-25-11-9-16-4-1-2-5-17(16)14-25)13-24-22(27)8-7-19-12-20-21(28-19)6-3-10-23-20/h1-6,10,12,18,26H,7-9,11,13-15H2,(H,24,27)/t18-/m1/s1. The number of aliphatic hydroxyl groups is 1. The third kappa shape index (κ3) is 4.76. The van der Waals surface area contributed by atoms with E-state index < -0.39 is 6.10 Å². The van der Waals surface area contributed by atoms with Crippen LogP contribution in [0, 0.1) is 0 Å². The zero-order valence-electron chi connectivity index (χ0n) is 15.8. The number of hydrogen-bond acceptors (Lipinski definition) is 5. The van der Waals surface area contributed by atoms with Crippen LogP contribution in [0.15, 0.2) is 48.7 Å². The molecular weight excluding hydrogens is 370 g/mol. The molecule has 5 nitrogen and oxygen atoms in total. The molecule has 1 aromatic carbocycles. The van der Waals surface area contributed by atoms with E-state index in [1.807, 2.05) is 12.1 Å². The zero-order valence-corrected chi connectivity index (χ0v) is 16.6. The molecule has 0 radical (unpaired) electrons. The number of rotatable bonds is 7. The molecule has 0 spiro atoms. The average molecular weight is 396 g/mol. The van der Waals surface area contributed by atoms with Crippen LogP contribution in [-0.2, 0) is 24.2 Å². The van der Waals surface area contributed by atoms with Gasteiger partial charge in [-0.2, -0.15) is 0 Å². The lowest BCUT2D eigenvalue weighted by atomic mass is 10.00. The van der Waals surface area contributed by atoms with Crippen LogP contribution in [0.1, 0.15) is 22.4 Å². The predicted octanol–water partition coefficient (Wildman–Crippen LogP) is 2.76. The largest absolute Gasteiger partial charge is 0.390 e. The van der Waals surface area contributed by atoms with Gasteiger partial charge in [0, 0.05) is 43.7 Å². The molecule has 2 N–H and O–H groups in total. The molecule has 3 heterocycles. The van der Waals surface area contributed by atoms with E-state index in [9.17, 15) is 9.90 Å². The molecule has 1 aliphatic heterocycles. The Morgan fingerprint density at radius 2 is 2.11 bits per heavy atom. The van der Waals surface area contributed by atoms with Crippen LogP contribution in [0.4, 0.5) is 0 Å². The molecule has 0 aliphatic carbocycles. The summed E-state index contributed by atoms with van der Waals surface area (Å²) in [5.74, 6) is -0.0199. The third-order valence-electron chi connectivity index (χ3n) is 5.15. The Kier molecular flexibility index (Phi) is 6.00. The first-order chi connectivity index (χ1) is 13.7. The highest BCUT2D eigenvalue weighted by atomic mass is 32.1. The van der Waals surface area contributed by atoms with Gasteiger partial charge >= 0.3 is 0 Å². The average Bonchev–Trinajstić information content (AvgIpc) is 3.14. The summed E-state index contributed by atoms with van der Waals surface area (Å²) in [6, 6.07) is 14.5. The molecule has 3 aromatic rings. The number of carbonyl (C=O) groups excluding carboxylic acids is 1. The fourth-order valence-electron chi connectivity index (χ4n) is 3.67. The number of β-amino-alcohol motifs (C(OH)–C–C–N with tert-alkyl or cyclic N) is 1. The number of benzene rings is 1. The van der Waals surface area contributed by atoms with E-state index >= 15 is 0 Å². The first-order valence-electron chi connectivity index (χ1n) is 9.75. The van der Waals surface area contributed by atoms with Crippen molar-refractivity contribution in [2.75, 3.05) is 19.6 Å². The monoisotopic (exact) mass is 395 g/mol. The number of fused-ring (bicyclic) bond motifs is 2. The number of aliphatic hydroxyl groups excluding tert-OH is 1. The third-order valence-corrected chi connectivity index (χ3v) is 6.30. The molecular formula is C22H25N3O2S. The van der Waals surface area contributed by atoms with Crippen LogP contribution in [0.2, 0.25) is 0 Å². The second kappa shape index (κ2) is 8.82. The van der Waals surface area contributed by atoms with Crippen molar-refractivity contribution in [1.82, 2.24) is 15.2 Å². The van der Waals surface area contributed by atoms with Gasteiger partial charge in [0.05, 0.1) is 16.3 Å². The van der Waals surface area contributed by atoms with Gasteiger partial charge in [0.15, 0.2) is 0 Å². The first-order valence-corrected chi connectivity index (χ1v) is 10.6. The lowest BCUT2D eigenvalue weighted by Gasteiger charge is -2.30. The maximum absolute atomic E-state index is 12.1. The van der Waals surface area contributed by atoms with E-state index in [4.69, 9.17) is 0 Å². The molecule has 1 atom stereocenters. The highest BCUT2D eigenvalue weighted by Crippen LogP contribution is 2.24. The molecule has 6 heteroatoms. The van der Waals surface area contributed by atoms with Crippen molar-refractivity contribution in [3.63, 3.8) is 0 Å². The fraction of sp³-hybridized carbons (Fsp3) is 0.364. The summed E-state index contributed by atoms with van der Waals surface area (Å²) in [5.41, 5.74) is 3.72. The van der Waals surface area contributed by atoms with Crippen molar-refractivity contribution < 1.29 is 9.90 Å². The Labute approximate surface area is 169 Å². The summed E-state index contributed by atoms with van der Waals surface area (Å²) in [5, 5.41) is 13.2. The maximum atomic E-state index is 12.1. The summed E-state index contributed by atoms with van der Waals surface area (Å²) in [7, 11) is 0. The van der Waals surface area contributed by atoms with Crippen molar-refractivity contribution in [3.05, 3.63) is 64.7 Å². The molecule has 0 saturated carbocycles. The topological polar surface area (TPSA) is 65.5 Å². The van der Waals surface area contributed by atoms with E-state index in [2.05, 4.69) is 45.5 Å². The van der Waals surface area contributed by atoms with E-state index in [0.717, 1.165) is 34.6 Å². The summed E-state index contributed by atoms with van der Waals surface area (Å²) in [6.45, 7) is 2.69. The van der Waals surface area contributed by atoms with Gasteiger partial charge in [-0.15, -0.1) is 11.3 Å². The second-order valence-electron chi connectivity index (χ2n) is 7.31. The minimum atomic E-state index is -0.553. The lowest BCUT2D eigenvalue weighted by molar-refractivity contribution is -0.121. The minimum absolute atomic E-state index is 0.0199. The Morgan fingerprint density at radius 1 is 1.25 bits per heavy atom. The summed E-state index contributed by atoms with van der Waals surface area (Å²) in [4.78, 5) is 19.9. The van der Waals surface area contributed by atoms with Gasteiger partial charge in [-0.3, -0.25) is 14.7 Å². The molecule has 1 aliphatic rings. The number of pyridine rings is 1. The number of hydrogen-bond donors (Lipinski definition) is 2. The SMILES string of the molecule is O=C(CCc1cc2ncccc2s1)NC[C@@H](O)CN1CCc2ccccc2C1. The van der Waals surface area contributed by atoms with Crippen molar-refractivity contribution in [1.29, 1.82) is 0 Å². The van der Waals surface area contributed by atoms with Gasteiger partial charge in [-0.1, -0.05) is 24.3 Å². The smallest absolute Gasteiger partial charge is 0.220 e. The van der Waals surface area contributed by atoms with E-state index in [-0.39, 0.29) is 5.91 Å². The number of carbonyl (C=O) groups is 1. The summed E-state index contributed by atoms with van der Waals surface area (Å²) >= 11 is 1.68. The molecule has 1 amide bonds. The normalized spacial score (nSPS) is 15.3. The molecule has 28 heavy (non-hydrogen) atoms. The summed E-state index contributed by atoms with van der Waals surface area (Å²) in [6.07, 6.45) is 3.37. The van der Waals surface area contributed by atoms with Crippen LogP contribution < -0.4 is 5.32 Å². The maximum Gasteiger partial charge on any atom is 0.220 e. The minimum Gasteiger partial charge on any atom is -0.390 e. The molecule has 4 rings (SSSR count). The summed E-state index contributed by atoms with van der Waals surface area (Å²) < 4.78 is 1.15. The van der Waals surface area contributed by atoms with Crippen LogP contribution in [0.5, 0.6) is 0 Å². The molecule has 0 bridgehead atoms. The highest BCUT2D eigenvalue weighted by molar-refractivity contribution is 7.19. The van der Waals surface area contributed by atoms with Gasteiger partial charge in [0.25, 0.3) is 0 Å². The Balaban J connectivity index is 1.19. The molecule has 0 unspecified atom stereocenters. The van der Waals surface area contributed by atoms with Crippen molar-refractivity contribution in [2.24, 2.45) is 0 Å². The van der Waals surface area contributed by atoms with Gasteiger partial charge in [0.1, 0.15) is 0 Å². The molecule has 0 fully saturated rings. The highest BCUT2D eigenvalue weighted by Gasteiger charge is 2.18. The van der Waals surface area contributed by atoms with Crippen molar-refractivity contribution in [3.8, 4) is 0 Å². The van der Waals surface area contributed by atoms with Crippen LogP contribution in [0.3, 0.4) is 0 Å². The molecule has 0 saturated heterocycles. The first kappa shape index (κ1) is 19.1. The molecule has 2 aromatic heterocycles. The quantitative estimate of drug-likeness (QED) is 0.646. The number of aryl methyl sites for hydroxylation is 1. The Morgan fingerprint density at radius 3 is 2.96 bits per heavy atom. The van der Waals surface area contributed by atoms with Crippen LogP contribution in [-0.4, -0.2) is 46.6 Å². The second-order valence-corrected chi connectivity index (χ2v) is 8.48. The van der Waals surface area contributed by atoms with Gasteiger partial charge < -0.3 is 10.4 Å². The number of amides is 1. The molecule has 146 valence electrons. The van der Waals surface area contributed by atoms with Gasteiger partial charge in [0.2, 0.25) is 5.91 Å². The number of aromatic nitrogens is 1. The van der Waals surface area contributed by atoms with Crippen LogP contribution in [0.25, 0.3) is 10.2 Å². The van der Waals surface area contributed by atoms with Crippen LogP contribution >= 0.6 is 11.3 Å². The lowest BCUT2D eigenvalue weighted by Crippen LogP contribution is -2.42. The van der Waals surface area contributed by atoms with Gasteiger partial charge in [-0.05, 0) is 42.2 Å². The fourth-order valence-corrected chi connectivity index (χ4v) is 4.69. The predicted molar refractivity (Wildman–Crippen MR) is 112 cm³/mol. The van der Waals surface area contributed by atoms with Crippen molar-refractivity contribution in [2.45, 2.75) is 31.9 Å². The van der Waals surface area contributed by atoms with E-state index in [1.54, 1.807) is 17.5 Å².